The first-order valence-corrected chi connectivity index (χ1v) is 9.07. The standard InChI is InChI=1S/C19H22F2N6O/c20-18(21)14-5-4-6-15(11-14)24-12-16(26-22)13-28-19-23-8-7-17(25-19)27-9-2-1-3-10-27/h4-8,11-12,18,22,24H,1-3,9-10,13H2/b16-12-,26-22?. The Labute approximate surface area is 162 Å². The van der Waals surface area contributed by atoms with Crippen molar-refractivity contribution in [1.29, 1.82) is 5.53 Å². The molecule has 28 heavy (non-hydrogen) atoms. The molecular formula is C19H22F2N6O. The fraction of sp³-hybridized carbons (Fsp3) is 0.368. The Bertz CT molecular complexity index is 824. The van der Waals surface area contributed by atoms with E-state index in [0.29, 0.717) is 5.69 Å². The Morgan fingerprint density at radius 3 is 2.86 bits per heavy atom. The molecule has 9 heteroatoms. The van der Waals surface area contributed by atoms with Gasteiger partial charge in [0.1, 0.15) is 18.1 Å². The predicted octanol–water partition coefficient (Wildman–Crippen LogP) is 4.77. The highest BCUT2D eigenvalue weighted by Crippen LogP contribution is 2.22. The lowest BCUT2D eigenvalue weighted by molar-refractivity contribution is 0.151. The molecule has 0 saturated carbocycles. The van der Waals surface area contributed by atoms with E-state index in [1.807, 2.05) is 6.07 Å². The highest BCUT2D eigenvalue weighted by Gasteiger charge is 2.13. The van der Waals surface area contributed by atoms with Crippen LogP contribution >= 0.6 is 0 Å². The molecule has 1 fully saturated rings. The van der Waals surface area contributed by atoms with Crippen LogP contribution in [0.15, 0.2) is 53.5 Å². The quantitative estimate of drug-likeness (QED) is 0.636. The van der Waals surface area contributed by atoms with Crippen molar-refractivity contribution >= 4 is 11.5 Å². The molecule has 7 nitrogen and oxygen atoms in total. The summed E-state index contributed by atoms with van der Waals surface area (Å²) in [7, 11) is 0. The van der Waals surface area contributed by atoms with E-state index in [-0.39, 0.29) is 23.9 Å². The molecular weight excluding hydrogens is 366 g/mol. The van der Waals surface area contributed by atoms with Crippen molar-refractivity contribution in [2.75, 3.05) is 29.9 Å². The average molecular weight is 388 g/mol. The second-order valence-electron chi connectivity index (χ2n) is 6.35. The summed E-state index contributed by atoms with van der Waals surface area (Å²) in [5.41, 5.74) is 7.94. The van der Waals surface area contributed by atoms with E-state index >= 15 is 0 Å². The van der Waals surface area contributed by atoms with Crippen molar-refractivity contribution in [3.05, 3.63) is 54.0 Å². The lowest BCUT2D eigenvalue weighted by Crippen LogP contribution is -2.30. The number of piperidine rings is 1. The highest BCUT2D eigenvalue weighted by molar-refractivity contribution is 5.48. The topological polar surface area (TPSA) is 86.5 Å². The summed E-state index contributed by atoms with van der Waals surface area (Å²) in [6, 6.07) is 7.93. The minimum atomic E-state index is -2.54. The zero-order valence-corrected chi connectivity index (χ0v) is 15.3. The first-order chi connectivity index (χ1) is 13.7. The van der Waals surface area contributed by atoms with Crippen molar-refractivity contribution in [3.63, 3.8) is 0 Å². The number of hydrogen-bond acceptors (Lipinski definition) is 7. The van der Waals surface area contributed by atoms with Crippen LogP contribution in [0.4, 0.5) is 20.3 Å². The zero-order valence-electron chi connectivity index (χ0n) is 15.3. The molecule has 2 N–H and O–H groups in total. The molecule has 3 rings (SSSR count). The largest absolute Gasteiger partial charge is 0.457 e. The molecule has 1 aliphatic rings. The van der Waals surface area contributed by atoms with Crippen LogP contribution in [0.1, 0.15) is 31.3 Å². The molecule has 1 saturated heterocycles. The van der Waals surface area contributed by atoms with Gasteiger partial charge in [-0.3, -0.25) is 0 Å². The fourth-order valence-electron chi connectivity index (χ4n) is 2.88. The van der Waals surface area contributed by atoms with Gasteiger partial charge in [-0.15, -0.1) is 0 Å². The van der Waals surface area contributed by atoms with E-state index < -0.39 is 6.43 Å². The molecule has 0 amide bonds. The molecule has 2 heterocycles. The van der Waals surface area contributed by atoms with Gasteiger partial charge in [-0.1, -0.05) is 12.1 Å². The van der Waals surface area contributed by atoms with Crippen molar-refractivity contribution in [2.45, 2.75) is 25.7 Å². The minimum Gasteiger partial charge on any atom is -0.457 e. The van der Waals surface area contributed by atoms with Crippen molar-refractivity contribution in [1.82, 2.24) is 9.97 Å². The summed E-state index contributed by atoms with van der Waals surface area (Å²) in [5.74, 6) is 0.819. The maximum atomic E-state index is 12.8. The number of hydrogen-bond donors (Lipinski definition) is 2. The van der Waals surface area contributed by atoms with Crippen LogP contribution in [-0.2, 0) is 0 Å². The molecule has 1 aromatic carbocycles. The third-order valence-electron chi connectivity index (χ3n) is 4.34. The first-order valence-electron chi connectivity index (χ1n) is 9.07. The van der Waals surface area contributed by atoms with Gasteiger partial charge in [0.15, 0.2) is 0 Å². The third-order valence-corrected chi connectivity index (χ3v) is 4.34. The van der Waals surface area contributed by atoms with Crippen LogP contribution in [0, 0.1) is 5.53 Å². The Morgan fingerprint density at radius 2 is 2.11 bits per heavy atom. The molecule has 2 aromatic rings. The number of alkyl halides is 2. The minimum absolute atomic E-state index is 0.0194. The monoisotopic (exact) mass is 388 g/mol. The van der Waals surface area contributed by atoms with Gasteiger partial charge in [0.2, 0.25) is 0 Å². The third kappa shape index (κ3) is 5.45. The van der Waals surface area contributed by atoms with E-state index in [2.05, 4.69) is 25.3 Å². The lowest BCUT2D eigenvalue weighted by atomic mass is 10.1. The number of anilines is 2. The van der Waals surface area contributed by atoms with E-state index in [1.165, 1.54) is 30.8 Å². The van der Waals surface area contributed by atoms with Crippen molar-refractivity contribution < 1.29 is 13.5 Å². The highest BCUT2D eigenvalue weighted by atomic mass is 19.3. The van der Waals surface area contributed by atoms with Gasteiger partial charge in [-0.25, -0.2) is 19.3 Å². The molecule has 0 spiro atoms. The predicted molar refractivity (Wildman–Crippen MR) is 102 cm³/mol. The Morgan fingerprint density at radius 1 is 1.29 bits per heavy atom. The van der Waals surface area contributed by atoms with Crippen LogP contribution in [0.25, 0.3) is 0 Å². The van der Waals surface area contributed by atoms with Gasteiger partial charge in [-0.2, -0.15) is 10.1 Å². The molecule has 0 radical (unpaired) electrons. The summed E-state index contributed by atoms with van der Waals surface area (Å²) in [5, 5.41) is 6.25. The molecule has 1 aromatic heterocycles. The van der Waals surface area contributed by atoms with E-state index in [9.17, 15) is 8.78 Å². The average Bonchev–Trinajstić information content (AvgIpc) is 2.75. The second kappa shape index (κ2) is 9.72. The van der Waals surface area contributed by atoms with E-state index in [4.69, 9.17) is 10.3 Å². The Hall–Kier alpha value is -3.10. The number of nitrogens with zero attached hydrogens (tertiary/aromatic N) is 4. The second-order valence-corrected chi connectivity index (χ2v) is 6.35. The van der Waals surface area contributed by atoms with Gasteiger partial charge >= 0.3 is 6.01 Å². The zero-order chi connectivity index (χ0) is 19.8. The maximum absolute atomic E-state index is 12.8. The fourth-order valence-corrected chi connectivity index (χ4v) is 2.88. The van der Waals surface area contributed by atoms with Crippen LogP contribution in [-0.4, -0.2) is 29.7 Å². The van der Waals surface area contributed by atoms with Gasteiger partial charge in [-0.05, 0) is 37.5 Å². The van der Waals surface area contributed by atoms with Gasteiger partial charge in [0.25, 0.3) is 6.43 Å². The molecule has 1 aliphatic heterocycles. The van der Waals surface area contributed by atoms with Crippen molar-refractivity contribution in [2.24, 2.45) is 5.11 Å². The molecule has 0 unspecified atom stereocenters. The lowest BCUT2D eigenvalue weighted by Gasteiger charge is -2.27. The van der Waals surface area contributed by atoms with Crippen LogP contribution < -0.4 is 15.0 Å². The summed E-state index contributed by atoms with van der Waals surface area (Å²) in [4.78, 5) is 10.7. The number of ether oxygens (including phenoxy) is 1. The van der Waals surface area contributed by atoms with Gasteiger partial charge < -0.3 is 15.0 Å². The van der Waals surface area contributed by atoms with Crippen LogP contribution in [0.2, 0.25) is 0 Å². The summed E-state index contributed by atoms with van der Waals surface area (Å²) in [6.07, 6.45) is 4.05. The van der Waals surface area contributed by atoms with Gasteiger partial charge in [0.05, 0.1) is 0 Å². The van der Waals surface area contributed by atoms with Gasteiger partial charge in [0, 0.05) is 36.7 Å². The summed E-state index contributed by atoms with van der Waals surface area (Å²) < 4.78 is 31.1. The number of rotatable bonds is 8. The van der Waals surface area contributed by atoms with Crippen molar-refractivity contribution in [3.8, 4) is 6.01 Å². The molecule has 0 bridgehead atoms. The SMILES string of the molecule is N=N/C(=C\Nc1cccc(C(F)F)c1)COc1nccc(N2CCCCC2)n1. The Balaban J connectivity index is 1.60. The normalized spacial score (nSPS) is 14.8. The molecule has 148 valence electrons. The van der Waals surface area contributed by atoms with Crippen LogP contribution in [0.5, 0.6) is 6.01 Å². The number of benzene rings is 1. The smallest absolute Gasteiger partial charge is 0.318 e. The van der Waals surface area contributed by atoms with Crippen LogP contribution in [0.3, 0.4) is 0 Å². The molecule has 0 aliphatic carbocycles. The summed E-state index contributed by atoms with van der Waals surface area (Å²) in [6.45, 7) is 1.91. The molecule has 0 atom stereocenters. The van der Waals surface area contributed by atoms with E-state index in [1.54, 1.807) is 12.3 Å². The maximum Gasteiger partial charge on any atom is 0.318 e. The number of aromatic nitrogens is 2. The van der Waals surface area contributed by atoms with E-state index in [0.717, 1.165) is 31.7 Å². The number of nitrogens with one attached hydrogen (secondary N) is 2. The first kappa shape index (κ1) is 19.7. The Kier molecular flexibility index (Phi) is 6.83. The number of halogens is 2. The summed E-state index contributed by atoms with van der Waals surface area (Å²) >= 11 is 0.